The first-order chi connectivity index (χ1) is 37.0. The van der Waals surface area contributed by atoms with Gasteiger partial charge in [-0.1, -0.05) is 75.7 Å². The molecule has 0 aliphatic rings. The largest absolute Gasteiger partial charge is 0.370 e. The van der Waals surface area contributed by atoms with E-state index >= 15 is 0 Å². The lowest BCUT2D eigenvalue weighted by atomic mass is 9.96. The van der Waals surface area contributed by atoms with Gasteiger partial charge in [0.1, 0.15) is 54.4 Å². The fourth-order valence-corrected chi connectivity index (χ4v) is 8.36. The van der Waals surface area contributed by atoms with E-state index in [1.165, 1.54) is 6.92 Å². The van der Waals surface area contributed by atoms with Crippen LogP contribution in [-0.2, 0) is 47.9 Å². The molecule has 0 bridgehead atoms. The van der Waals surface area contributed by atoms with Gasteiger partial charge in [0, 0.05) is 6.54 Å². The summed E-state index contributed by atoms with van der Waals surface area (Å²) in [7, 11) is 0. The van der Waals surface area contributed by atoms with E-state index in [-0.39, 0.29) is 107 Å². The van der Waals surface area contributed by atoms with Crippen LogP contribution in [0.25, 0.3) is 0 Å². The number of carbonyl (C=O) groups is 10. The predicted octanol–water partition coefficient (Wildman–Crippen LogP) is -1.64. The summed E-state index contributed by atoms with van der Waals surface area (Å²) in [6.45, 7) is 20.1. The molecule has 0 saturated heterocycles. The minimum atomic E-state index is -1.31. The van der Waals surface area contributed by atoms with Gasteiger partial charge in [-0.05, 0) is 127 Å². The van der Waals surface area contributed by atoms with Crippen LogP contribution in [0.1, 0.15) is 160 Å². The van der Waals surface area contributed by atoms with Crippen molar-refractivity contribution in [1.82, 2.24) is 47.9 Å². The highest BCUT2D eigenvalue weighted by Crippen LogP contribution is 2.15. The summed E-state index contributed by atoms with van der Waals surface area (Å²) in [4.78, 5) is 140. The number of hydrogen-bond donors (Lipinski definition) is 15. The molecule has 0 saturated carbocycles. The number of nitrogens with zero attached hydrogens (tertiary/aromatic N) is 1. The number of nitrogens with one attached hydrogen (secondary N) is 9. The monoisotopic (exact) mass is 1120 g/mol. The number of aliphatic imine (C=N–C) groups is 1. The van der Waals surface area contributed by atoms with Gasteiger partial charge in [-0.2, -0.15) is 0 Å². The highest BCUT2D eigenvalue weighted by Gasteiger charge is 2.36. The summed E-state index contributed by atoms with van der Waals surface area (Å²) in [5.74, 6) is -7.72. The molecule has 0 aliphatic heterocycles. The van der Waals surface area contributed by atoms with Gasteiger partial charge in [0.2, 0.25) is 59.1 Å². The van der Waals surface area contributed by atoms with Crippen molar-refractivity contribution in [3.63, 3.8) is 0 Å². The standard InChI is InChI=1S/C53H102N16O10/c1-12-33(10)43(52(79)65-35(18-13-15-21-54)46(73)61-34(11)45(72)67-40(26-31(6)7)51(78)66-38(44(57)71)24-29(2)3)69-48(75)37(20-17-23-60-53(58)59)63-47(74)36(19-14-16-22-55)64-50(77)41(27-32(8)9)68-49(76)39(25-30(4)5)62-42(70)28-56/h29-41,43H,12-28,54-56H2,1-11H3,(H2,57,71)(H,61,73)(H,62,70)(H,63,74)(H,64,77)(H,65,79)(H,66,78)(H,67,72)(H,68,76)(H,69,75)(H4,58,59,60)/t33-,34-,35-,36-,37-,38-,39-,40-,41-,43-/m0/s1. The number of guanidine groups is 1. The molecule has 79 heavy (non-hydrogen) atoms. The van der Waals surface area contributed by atoms with Gasteiger partial charge in [0.25, 0.3) is 0 Å². The molecule has 26 heteroatoms. The quantitative estimate of drug-likeness (QED) is 0.0185. The Hall–Kier alpha value is -6.15. The van der Waals surface area contributed by atoms with Crippen LogP contribution in [0.15, 0.2) is 4.99 Å². The summed E-state index contributed by atoms with van der Waals surface area (Å²) in [6.07, 6.45) is 3.43. The van der Waals surface area contributed by atoms with Gasteiger partial charge in [-0.3, -0.25) is 52.9 Å². The Morgan fingerprint density at radius 1 is 0.392 bits per heavy atom. The van der Waals surface area contributed by atoms with Crippen molar-refractivity contribution in [2.45, 2.75) is 214 Å². The fourth-order valence-electron chi connectivity index (χ4n) is 8.36. The lowest BCUT2D eigenvalue weighted by Crippen LogP contribution is -2.61. The van der Waals surface area contributed by atoms with Crippen molar-refractivity contribution in [3.05, 3.63) is 0 Å². The van der Waals surface area contributed by atoms with E-state index < -0.39 is 119 Å². The van der Waals surface area contributed by atoms with E-state index in [1.54, 1.807) is 13.8 Å². The first-order valence-corrected chi connectivity index (χ1v) is 28.2. The van der Waals surface area contributed by atoms with Crippen LogP contribution in [-0.4, -0.2) is 146 Å². The van der Waals surface area contributed by atoms with Crippen LogP contribution in [0.3, 0.4) is 0 Å². The van der Waals surface area contributed by atoms with Crippen molar-refractivity contribution >= 4 is 65.0 Å². The molecular formula is C53H102N16O10. The van der Waals surface area contributed by atoms with Crippen molar-refractivity contribution in [3.8, 4) is 0 Å². The lowest BCUT2D eigenvalue weighted by Gasteiger charge is -2.30. The average Bonchev–Trinajstić information content (AvgIpc) is 3.36. The van der Waals surface area contributed by atoms with Crippen LogP contribution in [0, 0.1) is 29.6 Å². The summed E-state index contributed by atoms with van der Waals surface area (Å²) in [5, 5.41) is 24.4. The molecule has 0 radical (unpaired) electrons. The highest BCUT2D eigenvalue weighted by molar-refractivity contribution is 5.98. The van der Waals surface area contributed by atoms with Crippen molar-refractivity contribution in [2.24, 2.45) is 69.0 Å². The van der Waals surface area contributed by atoms with Crippen LogP contribution < -0.4 is 82.3 Å². The van der Waals surface area contributed by atoms with Crippen LogP contribution >= 0.6 is 0 Å². The van der Waals surface area contributed by atoms with Crippen LogP contribution in [0.4, 0.5) is 0 Å². The van der Waals surface area contributed by atoms with Gasteiger partial charge in [0.05, 0.1) is 6.54 Å². The molecule has 0 fully saturated rings. The maximum Gasteiger partial charge on any atom is 0.243 e. The molecule has 10 atom stereocenters. The third kappa shape index (κ3) is 30.7. The molecule has 0 unspecified atom stereocenters. The van der Waals surface area contributed by atoms with Crippen molar-refractivity contribution < 1.29 is 47.9 Å². The van der Waals surface area contributed by atoms with Gasteiger partial charge in [-0.25, -0.2) is 0 Å². The third-order valence-electron chi connectivity index (χ3n) is 12.9. The zero-order valence-electron chi connectivity index (χ0n) is 49.1. The molecule has 0 aliphatic carbocycles. The van der Waals surface area contributed by atoms with Crippen LogP contribution in [0.2, 0.25) is 0 Å². The number of nitrogens with two attached hydrogens (primary N) is 6. The number of unbranched alkanes of at least 4 members (excludes halogenated alkanes) is 2. The van der Waals surface area contributed by atoms with Gasteiger partial charge < -0.3 is 82.3 Å². The maximum atomic E-state index is 14.5. The minimum Gasteiger partial charge on any atom is -0.370 e. The summed E-state index contributed by atoms with van der Waals surface area (Å²) in [5.41, 5.74) is 33.8. The molecule has 0 aromatic heterocycles. The molecule has 26 nitrogen and oxygen atoms in total. The Morgan fingerprint density at radius 3 is 1.13 bits per heavy atom. The Labute approximate surface area is 468 Å². The highest BCUT2D eigenvalue weighted by atomic mass is 16.2. The molecule has 454 valence electrons. The van der Waals surface area contributed by atoms with E-state index in [9.17, 15) is 47.9 Å². The van der Waals surface area contributed by atoms with E-state index in [2.05, 4.69) is 52.8 Å². The number of carbonyl (C=O) groups excluding carboxylic acids is 10. The normalized spacial score (nSPS) is 15.2. The molecule has 21 N–H and O–H groups in total. The topological polar surface area (TPSA) is 447 Å². The first kappa shape index (κ1) is 72.8. The number of rotatable bonds is 41. The average molecular weight is 1120 g/mol. The molecule has 0 heterocycles. The zero-order valence-corrected chi connectivity index (χ0v) is 49.1. The molecular weight excluding hydrogens is 1020 g/mol. The third-order valence-corrected chi connectivity index (χ3v) is 12.9. The van der Waals surface area contributed by atoms with Crippen molar-refractivity contribution in [2.75, 3.05) is 26.2 Å². The Morgan fingerprint density at radius 2 is 0.734 bits per heavy atom. The van der Waals surface area contributed by atoms with Crippen molar-refractivity contribution in [1.29, 1.82) is 0 Å². The maximum absolute atomic E-state index is 14.5. The Balaban J connectivity index is 6.86. The van der Waals surface area contributed by atoms with E-state index in [1.807, 2.05) is 55.4 Å². The first-order valence-electron chi connectivity index (χ1n) is 28.2. The Kier molecular flexibility index (Phi) is 36.2. The number of hydrogen-bond acceptors (Lipinski definition) is 14. The Bertz CT molecular complexity index is 1970. The smallest absolute Gasteiger partial charge is 0.243 e. The fraction of sp³-hybridized carbons (Fsp3) is 0.792. The molecule has 0 aromatic carbocycles. The number of amides is 10. The van der Waals surface area contributed by atoms with Crippen LogP contribution in [0.5, 0.6) is 0 Å². The summed E-state index contributed by atoms with van der Waals surface area (Å²) < 4.78 is 0. The second-order valence-electron chi connectivity index (χ2n) is 22.2. The second-order valence-corrected chi connectivity index (χ2v) is 22.2. The summed E-state index contributed by atoms with van der Waals surface area (Å²) in [6, 6.07) is -10.4. The molecule has 0 aromatic rings. The van der Waals surface area contributed by atoms with Gasteiger partial charge in [0.15, 0.2) is 5.96 Å². The zero-order chi connectivity index (χ0) is 60.5. The lowest BCUT2D eigenvalue weighted by molar-refractivity contribution is -0.136. The van der Waals surface area contributed by atoms with Gasteiger partial charge >= 0.3 is 0 Å². The summed E-state index contributed by atoms with van der Waals surface area (Å²) >= 11 is 0. The van der Waals surface area contributed by atoms with Gasteiger partial charge in [-0.15, -0.1) is 0 Å². The van der Waals surface area contributed by atoms with E-state index in [0.29, 0.717) is 32.1 Å². The molecule has 0 spiro atoms. The molecule has 0 rings (SSSR count). The molecule has 10 amide bonds. The SMILES string of the molecule is CC[C@H](C)[C@H](NC(=O)[C@H](CCCN=C(N)N)NC(=O)[C@H](CCCCN)NC(=O)[C@H](CC(C)C)NC(=O)[C@H](CC(C)C)NC(=O)CN)C(=O)N[C@@H](CCCCN)C(=O)N[C@@H](C)C(=O)N[C@@H](CC(C)C)C(=O)N[C@@H](CC(C)C)C(N)=O. The van der Waals surface area contributed by atoms with E-state index in [4.69, 9.17) is 34.4 Å². The van der Waals surface area contributed by atoms with E-state index in [0.717, 1.165) is 0 Å². The number of primary amides is 1. The second kappa shape index (κ2) is 39.3. The predicted molar refractivity (Wildman–Crippen MR) is 304 cm³/mol. The minimum absolute atomic E-state index is 0.00840.